The van der Waals surface area contributed by atoms with E-state index < -0.39 is 11.9 Å². The van der Waals surface area contributed by atoms with Crippen LogP contribution in [0, 0.1) is 11.3 Å². The normalized spacial score (nSPS) is 12.6. The second kappa shape index (κ2) is 14.7. The van der Waals surface area contributed by atoms with E-state index in [9.17, 15) is 14.9 Å². The number of allylic oxidation sites excluding steroid dienone is 1. The Morgan fingerprint density at radius 1 is 1.12 bits per heavy atom. The topological polar surface area (TPSA) is 97.7 Å². The van der Waals surface area contributed by atoms with Gasteiger partial charge in [0.25, 0.3) is 5.91 Å². The number of carbonyl (C=O) groups excluding carboxylic acids is 2. The summed E-state index contributed by atoms with van der Waals surface area (Å²) >= 11 is 7.70. The standard InChI is InChI=1S/C33H33ClN2O5S/c1-4-11-22-16-21(18-27(39-5-2)30(22)41-20-23-12-7-9-14-26(23)34)17-24(19-35)31(37)36-32-29(33(38)40-6-3)25-13-8-10-15-28(25)42-32/h4,7,9,12,14,16-18H,1,5-6,8,10-11,13,15,20H2,2-3H3,(H,36,37)/b24-17-. The minimum Gasteiger partial charge on any atom is -0.490 e. The van der Waals surface area contributed by atoms with E-state index in [1.807, 2.05) is 37.3 Å². The SMILES string of the molecule is C=CCc1cc(/C=C(/C#N)C(=O)Nc2sc3c(c2C(=O)OCC)CCCC3)cc(OCC)c1OCc1ccccc1Cl. The van der Waals surface area contributed by atoms with Gasteiger partial charge in [0.2, 0.25) is 0 Å². The number of esters is 1. The summed E-state index contributed by atoms with van der Waals surface area (Å²) in [5.74, 6) is -0.0511. The number of thiophene rings is 1. The molecule has 0 fully saturated rings. The first-order valence-electron chi connectivity index (χ1n) is 13.9. The average molecular weight is 605 g/mol. The van der Waals surface area contributed by atoms with Gasteiger partial charge in [0.1, 0.15) is 23.3 Å². The van der Waals surface area contributed by atoms with Crippen molar-refractivity contribution < 1.29 is 23.8 Å². The van der Waals surface area contributed by atoms with Crippen molar-refractivity contribution in [2.75, 3.05) is 18.5 Å². The van der Waals surface area contributed by atoms with Gasteiger partial charge >= 0.3 is 5.97 Å². The van der Waals surface area contributed by atoms with Crippen LogP contribution in [0.25, 0.3) is 6.08 Å². The predicted octanol–water partition coefficient (Wildman–Crippen LogP) is 7.71. The molecule has 2 aromatic carbocycles. The Kier molecular flexibility index (Phi) is 10.8. The van der Waals surface area contributed by atoms with Crippen molar-refractivity contribution in [3.63, 3.8) is 0 Å². The van der Waals surface area contributed by atoms with Crippen LogP contribution in [-0.4, -0.2) is 25.1 Å². The summed E-state index contributed by atoms with van der Waals surface area (Å²) in [5.41, 5.74) is 3.41. The molecule has 218 valence electrons. The number of nitrogens with one attached hydrogen (secondary N) is 1. The van der Waals surface area contributed by atoms with Gasteiger partial charge in [0.15, 0.2) is 11.5 Å². The summed E-state index contributed by atoms with van der Waals surface area (Å²) in [6.07, 6.45) is 7.32. The van der Waals surface area contributed by atoms with Crippen LogP contribution >= 0.6 is 22.9 Å². The van der Waals surface area contributed by atoms with E-state index in [4.69, 9.17) is 25.8 Å². The van der Waals surface area contributed by atoms with E-state index in [1.54, 1.807) is 25.1 Å². The molecule has 0 unspecified atom stereocenters. The number of rotatable bonds is 12. The minimum absolute atomic E-state index is 0.118. The van der Waals surface area contributed by atoms with Crippen molar-refractivity contribution in [2.45, 2.75) is 52.6 Å². The number of nitriles is 1. The number of ether oxygens (including phenoxy) is 3. The summed E-state index contributed by atoms with van der Waals surface area (Å²) in [4.78, 5) is 27.2. The highest BCUT2D eigenvalue weighted by Gasteiger charge is 2.28. The molecule has 0 radical (unpaired) electrons. The van der Waals surface area contributed by atoms with E-state index in [0.717, 1.165) is 47.3 Å². The molecule has 0 aliphatic heterocycles. The van der Waals surface area contributed by atoms with E-state index >= 15 is 0 Å². The van der Waals surface area contributed by atoms with Gasteiger partial charge in [-0.15, -0.1) is 17.9 Å². The van der Waals surface area contributed by atoms with Gasteiger partial charge in [-0.3, -0.25) is 4.79 Å². The molecule has 1 heterocycles. The fourth-order valence-electron chi connectivity index (χ4n) is 4.82. The lowest BCUT2D eigenvalue weighted by atomic mass is 9.95. The molecule has 1 aliphatic rings. The second-order valence-corrected chi connectivity index (χ2v) is 11.1. The third-order valence-corrected chi connectivity index (χ3v) is 8.28. The minimum atomic E-state index is -0.607. The smallest absolute Gasteiger partial charge is 0.341 e. The highest BCUT2D eigenvalue weighted by atomic mass is 35.5. The molecule has 4 rings (SSSR count). The monoisotopic (exact) mass is 604 g/mol. The van der Waals surface area contributed by atoms with Crippen molar-refractivity contribution in [3.8, 4) is 17.6 Å². The largest absolute Gasteiger partial charge is 0.490 e. The summed E-state index contributed by atoms with van der Waals surface area (Å²) in [5, 5.41) is 13.8. The number of hydrogen-bond donors (Lipinski definition) is 1. The summed E-state index contributed by atoms with van der Waals surface area (Å²) < 4.78 is 17.4. The second-order valence-electron chi connectivity index (χ2n) is 9.57. The van der Waals surface area contributed by atoms with Gasteiger partial charge in [-0.25, -0.2) is 4.79 Å². The van der Waals surface area contributed by atoms with E-state index in [2.05, 4.69) is 11.9 Å². The van der Waals surface area contributed by atoms with Crippen LogP contribution in [0.3, 0.4) is 0 Å². The van der Waals surface area contributed by atoms with Crippen molar-refractivity contribution in [3.05, 3.63) is 92.3 Å². The number of benzene rings is 2. The molecular weight excluding hydrogens is 572 g/mol. The van der Waals surface area contributed by atoms with E-state index in [-0.39, 0.29) is 18.8 Å². The number of nitrogens with zero attached hydrogens (tertiary/aromatic N) is 1. The number of aryl methyl sites for hydroxylation is 1. The molecule has 1 N–H and O–H groups in total. The number of fused-ring (bicyclic) bond motifs is 1. The number of halogens is 1. The Morgan fingerprint density at radius 2 is 1.90 bits per heavy atom. The third-order valence-electron chi connectivity index (χ3n) is 6.70. The molecule has 0 spiro atoms. The Balaban J connectivity index is 1.66. The molecule has 7 nitrogen and oxygen atoms in total. The van der Waals surface area contributed by atoms with Crippen LogP contribution in [-0.2, 0) is 35.4 Å². The lowest BCUT2D eigenvalue weighted by molar-refractivity contribution is -0.112. The molecule has 0 saturated heterocycles. The Labute approximate surface area is 255 Å². The van der Waals surface area contributed by atoms with Crippen LogP contribution < -0.4 is 14.8 Å². The lowest BCUT2D eigenvalue weighted by Crippen LogP contribution is -2.16. The number of amides is 1. The Bertz CT molecular complexity index is 1550. The molecule has 42 heavy (non-hydrogen) atoms. The molecule has 1 aliphatic carbocycles. The van der Waals surface area contributed by atoms with Gasteiger partial charge < -0.3 is 19.5 Å². The maximum absolute atomic E-state index is 13.3. The first-order valence-corrected chi connectivity index (χ1v) is 15.1. The van der Waals surface area contributed by atoms with E-state index in [1.165, 1.54) is 17.4 Å². The zero-order valence-corrected chi connectivity index (χ0v) is 25.3. The molecule has 0 atom stereocenters. The molecule has 0 saturated carbocycles. The van der Waals surface area contributed by atoms with Crippen LogP contribution in [0.1, 0.15) is 64.2 Å². The fourth-order valence-corrected chi connectivity index (χ4v) is 6.29. The van der Waals surface area contributed by atoms with Gasteiger partial charge in [-0.2, -0.15) is 5.26 Å². The zero-order valence-electron chi connectivity index (χ0n) is 23.8. The first kappa shape index (κ1) is 30.9. The Morgan fingerprint density at radius 3 is 2.62 bits per heavy atom. The highest BCUT2D eigenvalue weighted by Crippen LogP contribution is 2.39. The van der Waals surface area contributed by atoms with Crippen LogP contribution in [0.5, 0.6) is 11.5 Å². The number of anilines is 1. The van der Waals surface area contributed by atoms with Gasteiger partial charge in [0.05, 0.1) is 18.8 Å². The van der Waals surface area contributed by atoms with Crippen LogP contribution in [0.2, 0.25) is 5.02 Å². The van der Waals surface area contributed by atoms with Gasteiger partial charge in [0, 0.05) is 21.0 Å². The summed E-state index contributed by atoms with van der Waals surface area (Å²) in [7, 11) is 0. The quantitative estimate of drug-likeness (QED) is 0.0984. The van der Waals surface area contributed by atoms with Crippen LogP contribution in [0.15, 0.2) is 54.6 Å². The fraction of sp³-hybridized carbons (Fsp3) is 0.303. The van der Waals surface area contributed by atoms with Crippen molar-refractivity contribution in [1.29, 1.82) is 5.26 Å². The molecule has 1 amide bonds. The molecular formula is C33H33ClN2O5S. The summed E-state index contributed by atoms with van der Waals surface area (Å²) in [6, 6.07) is 13.0. The molecule has 1 aromatic heterocycles. The van der Waals surface area contributed by atoms with Gasteiger partial charge in [-0.1, -0.05) is 35.9 Å². The van der Waals surface area contributed by atoms with Gasteiger partial charge in [-0.05, 0) is 81.4 Å². The lowest BCUT2D eigenvalue weighted by Gasteiger charge is -2.17. The predicted molar refractivity (Wildman–Crippen MR) is 166 cm³/mol. The van der Waals surface area contributed by atoms with E-state index in [0.29, 0.717) is 45.7 Å². The maximum atomic E-state index is 13.3. The highest BCUT2D eigenvalue weighted by molar-refractivity contribution is 7.17. The van der Waals surface area contributed by atoms with Crippen molar-refractivity contribution in [2.24, 2.45) is 0 Å². The summed E-state index contributed by atoms with van der Waals surface area (Å²) in [6.45, 7) is 8.32. The van der Waals surface area contributed by atoms with Crippen molar-refractivity contribution in [1.82, 2.24) is 0 Å². The first-order chi connectivity index (χ1) is 20.4. The number of hydrogen-bond acceptors (Lipinski definition) is 7. The van der Waals surface area contributed by atoms with Crippen molar-refractivity contribution >= 4 is 45.9 Å². The zero-order chi connectivity index (χ0) is 30.1. The molecule has 3 aromatic rings. The third kappa shape index (κ3) is 7.22. The Hall–Kier alpha value is -4.06. The maximum Gasteiger partial charge on any atom is 0.341 e. The van der Waals surface area contributed by atoms with Crippen LogP contribution in [0.4, 0.5) is 5.00 Å². The molecule has 9 heteroatoms. The number of carbonyl (C=O) groups is 2. The average Bonchev–Trinajstić information content (AvgIpc) is 3.34. The molecule has 0 bridgehead atoms.